The van der Waals surface area contributed by atoms with E-state index in [9.17, 15) is 22.0 Å². The summed E-state index contributed by atoms with van der Waals surface area (Å²) < 4.78 is 47.3. The van der Waals surface area contributed by atoms with Gasteiger partial charge in [0.05, 0.1) is 0 Å². The van der Waals surface area contributed by atoms with Crippen LogP contribution in [0.5, 0.6) is 0 Å². The molecule has 1 aromatic heterocycles. The second kappa shape index (κ2) is 6.03. The van der Waals surface area contributed by atoms with Crippen LogP contribution in [0.15, 0.2) is 18.2 Å². The molecular weight excluding hydrogens is 288 g/mol. The number of thiophene rings is 1. The molecule has 0 atom stereocenters. The van der Waals surface area contributed by atoms with Crippen molar-refractivity contribution in [1.82, 2.24) is 4.72 Å². The minimum absolute atomic E-state index is 0.252. The second-order valence-electron chi connectivity index (χ2n) is 3.10. The maximum Gasteiger partial charge on any atom is 0.350 e. The molecule has 1 rings (SSSR count). The highest BCUT2D eigenvalue weighted by molar-refractivity contribution is 7.89. The Hall–Kier alpha value is -1.32. The van der Waals surface area contributed by atoms with Crippen molar-refractivity contribution in [2.45, 2.75) is 12.3 Å². The van der Waals surface area contributed by atoms with E-state index in [4.69, 9.17) is 5.11 Å². The molecule has 0 aromatic carbocycles. The van der Waals surface area contributed by atoms with Crippen molar-refractivity contribution in [1.29, 1.82) is 0 Å². The lowest BCUT2D eigenvalue weighted by atomic mass is 10.4. The number of carbonyl (C=O) groups is 1. The number of alkyl halides is 2. The van der Waals surface area contributed by atoms with E-state index in [0.29, 0.717) is 9.75 Å². The summed E-state index contributed by atoms with van der Waals surface area (Å²) >= 11 is 1.11. The lowest BCUT2D eigenvalue weighted by Crippen LogP contribution is -2.28. The molecule has 18 heavy (non-hydrogen) atoms. The van der Waals surface area contributed by atoms with Gasteiger partial charge in [0.2, 0.25) is 0 Å². The van der Waals surface area contributed by atoms with Crippen LogP contribution in [-0.4, -0.2) is 25.3 Å². The van der Waals surface area contributed by atoms with E-state index in [1.807, 2.05) is 0 Å². The first-order valence-electron chi connectivity index (χ1n) is 4.57. The lowest BCUT2D eigenvalue weighted by Gasteiger charge is -2.02. The van der Waals surface area contributed by atoms with Gasteiger partial charge < -0.3 is 5.11 Å². The molecular formula is C9H9F2NO4S2. The van der Waals surface area contributed by atoms with E-state index >= 15 is 0 Å². The number of hydrogen-bond acceptors (Lipinski definition) is 4. The summed E-state index contributed by atoms with van der Waals surface area (Å²) in [5, 5.41) is 8.40. The lowest BCUT2D eigenvalue weighted by molar-refractivity contribution is -0.131. The van der Waals surface area contributed by atoms with Crippen molar-refractivity contribution in [3.8, 4) is 0 Å². The van der Waals surface area contributed by atoms with Crippen LogP contribution < -0.4 is 4.72 Å². The Labute approximate surface area is 106 Å². The number of carboxylic acid groups (broad SMARTS) is 1. The molecule has 0 saturated carbocycles. The number of carboxylic acids is 1. The smallest absolute Gasteiger partial charge is 0.350 e. The highest BCUT2D eigenvalue weighted by Gasteiger charge is 2.23. The zero-order chi connectivity index (χ0) is 13.8. The zero-order valence-corrected chi connectivity index (χ0v) is 10.5. The van der Waals surface area contributed by atoms with Crippen molar-refractivity contribution in [2.24, 2.45) is 0 Å². The first-order chi connectivity index (χ1) is 8.31. The van der Waals surface area contributed by atoms with E-state index in [0.717, 1.165) is 17.4 Å². The van der Waals surface area contributed by atoms with Crippen LogP contribution >= 0.6 is 11.3 Å². The number of hydrogen-bond donors (Lipinski definition) is 2. The van der Waals surface area contributed by atoms with E-state index < -0.39 is 21.8 Å². The molecule has 0 bridgehead atoms. The van der Waals surface area contributed by atoms with Crippen molar-refractivity contribution in [3.05, 3.63) is 28.0 Å². The molecule has 100 valence electrons. The van der Waals surface area contributed by atoms with Crippen LogP contribution in [0.4, 0.5) is 8.78 Å². The topological polar surface area (TPSA) is 83.5 Å². The molecule has 0 aliphatic rings. The normalized spacial score (nSPS) is 12.4. The summed E-state index contributed by atoms with van der Waals surface area (Å²) in [4.78, 5) is 11.3. The Balaban J connectivity index is 2.63. The number of halogens is 2. The number of aliphatic carboxylic acids is 1. The SMILES string of the molecule is O=C(O)C=Cc1ccc(CNS(=O)(=O)C(F)F)s1. The zero-order valence-electron chi connectivity index (χ0n) is 8.84. The van der Waals surface area contributed by atoms with Crippen LogP contribution in [0.25, 0.3) is 6.08 Å². The third-order valence-electron chi connectivity index (χ3n) is 1.75. The molecule has 1 aromatic rings. The van der Waals surface area contributed by atoms with Gasteiger partial charge >= 0.3 is 11.7 Å². The Bertz CT molecular complexity index is 551. The fraction of sp³-hybridized carbons (Fsp3) is 0.222. The summed E-state index contributed by atoms with van der Waals surface area (Å²) in [6.07, 6.45) is 2.26. The van der Waals surface area contributed by atoms with Gasteiger partial charge in [-0.05, 0) is 18.2 Å². The Morgan fingerprint density at radius 3 is 2.72 bits per heavy atom. The molecule has 0 aliphatic carbocycles. The minimum atomic E-state index is -4.60. The molecule has 0 fully saturated rings. The predicted octanol–water partition coefficient (Wildman–Crippen LogP) is 1.49. The standard InChI is InChI=1S/C9H9F2NO4S2/c10-9(11)18(15,16)12-5-7-2-1-6(17-7)3-4-8(13)14/h1-4,9,12H,5H2,(H,13,14). The first kappa shape index (κ1) is 14.7. The highest BCUT2D eigenvalue weighted by Crippen LogP contribution is 2.18. The molecule has 0 aliphatic heterocycles. The van der Waals surface area contributed by atoms with Crippen LogP contribution in [0.3, 0.4) is 0 Å². The summed E-state index contributed by atoms with van der Waals surface area (Å²) in [6, 6.07) is 3.09. The molecule has 0 spiro atoms. The largest absolute Gasteiger partial charge is 0.478 e. The molecule has 0 radical (unpaired) electrons. The van der Waals surface area contributed by atoms with Crippen molar-refractivity contribution < 1.29 is 27.1 Å². The van der Waals surface area contributed by atoms with Crippen LogP contribution in [0.1, 0.15) is 9.75 Å². The van der Waals surface area contributed by atoms with Crippen molar-refractivity contribution >= 4 is 33.4 Å². The third-order valence-corrected chi connectivity index (χ3v) is 3.82. The molecule has 5 nitrogen and oxygen atoms in total. The van der Waals surface area contributed by atoms with Gasteiger partial charge in [0.15, 0.2) is 0 Å². The van der Waals surface area contributed by atoms with Gasteiger partial charge in [0, 0.05) is 22.4 Å². The quantitative estimate of drug-likeness (QED) is 0.779. The van der Waals surface area contributed by atoms with E-state index in [2.05, 4.69) is 0 Å². The number of rotatable bonds is 6. The van der Waals surface area contributed by atoms with E-state index in [1.165, 1.54) is 12.1 Å². The number of nitrogens with one attached hydrogen (secondary N) is 1. The molecule has 0 saturated heterocycles. The Morgan fingerprint density at radius 1 is 1.50 bits per heavy atom. The fourth-order valence-corrected chi connectivity index (χ4v) is 2.40. The van der Waals surface area contributed by atoms with Crippen LogP contribution in [-0.2, 0) is 21.4 Å². The monoisotopic (exact) mass is 297 g/mol. The summed E-state index contributed by atoms with van der Waals surface area (Å²) in [7, 11) is -4.60. The van der Waals surface area contributed by atoms with Gasteiger partial charge in [0.25, 0.3) is 10.0 Å². The predicted molar refractivity (Wildman–Crippen MR) is 62.8 cm³/mol. The molecule has 9 heteroatoms. The minimum Gasteiger partial charge on any atom is -0.478 e. The van der Waals surface area contributed by atoms with Gasteiger partial charge in [-0.25, -0.2) is 17.9 Å². The van der Waals surface area contributed by atoms with Crippen LogP contribution in [0.2, 0.25) is 0 Å². The van der Waals surface area contributed by atoms with Gasteiger partial charge in [0.1, 0.15) is 0 Å². The maximum atomic E-state index is 12.0. The second-order valence-corrected chi connectivity index (χ2v) is 6.04. The molecule has 0 unspecified atom stereocenters. The summed E-state index contributed by atoms with van der Waals surface area (Å²) in [6.45, 7) is -0.252. The highest BCUT2D eigenvalue weighted by atomic mass is 32.2. The molecule has 1 heterocycles. The van der Waals surface area contributed by atoms with Crippen molar-refractivity contribution in [3.63, 3.8) is 0 Å². The first-order valence-corrected chi connectivity index (χ1v) is 6.94. The summed E-state index contributed by atoms with van der Waals surface area (Å²) in [5.41, 5.74) is 0. The van der Waals surface area contributed by atoms with Gasteiger partial charge in [-0.15, -0.1) is 11.3 Å². The van der Waals surface area contributed by atoms with E-state index in [1.54, 1.807) is 10.8 Å². The summed E-state index contributed by atoms with van der Waals surface area (Å²) in [5.74, 6) is -4.58. The third kappa shape index (κ3) is 4.51. The van der Waals surface area contributed by atoms with Crippen molar-refractivity contribution in [2.75, 3.05) is 0 Å². The van der Waals surface area contributed by atoms with Gasteiger partial charge in [-0.2, -0.15) is 8.78 Å². The fourth-order valence-electron chi connectivity index (χ4n) is 0.967. The maximum absolute atomic E-state index is 12.0. The molecule has 2 N–H and O–H groups in total. The Morgan fingerprint density at radius 2 is 2.17 bits per heavy atom. The van der Waals surface area contributed by atoms with Crippen LogP contribution in [0, 0.1) is 0 Å². The average Bonchev–Trinajstić information content (AvgIpc) is 2.71. The molecule has 0 amide bonds. The van der Waals surface area contributed by atoms with E-state index in [-0.39, 0.29) is 6.54 Å². The van der Waals surface area contributed by atoms with Gasteiger partial charge in [-0.3, -0.25) is 0 Å². The average molecular weight is 297 g/mol. The Kier molecular flexibility index (Phi) is 4.93. The number of sulfonamides is 1. The van der Waals surface area contributed by atoms with Gasteiger partial charge in [-0.1, -0.05) is 0 Å².